The quantitative estimate of drug-likeness (QED) is 0.185. The zero-order chi connectivity index (χ0) is 32.7. The first-order valence-electron chi connectivity index (χ1n) is 13.8. The Balaban J connectivity index is 1.35. The molecule has 4 rings (SSSR count). The predicted octanol–water partition coefficient (Wildman–Crippen LogP) is 5.42. The van der Waals surface area contributed by atoms with Crippen molar-refractivity contribution in [3.63, 3.8) is 0 Å². The second kappa shape index (κ2) is 14.7. The molecule has 0 radical (unpaired) electrons. The van der Waals surface area contributed by atoms with Gasteiger partial charge in [-0.2, -0.15) is 0 Å². The van der Waals surface area contributed by atoms with E-state index >= 15 is 0 Å². The van der Waals surface area contributed by atoms with Crippen molar-refractivity contribution in [2.75, 3.05) is 18.5 Å². The lowest BCUT2D eigenvalue weighted by molar-refractivity contribution is -0.138. The molecule has 12 heteroatoms. The number of benzene rings is 3. The molecular formula is C33H30Cl2N4O6. The Morgan fingerprint density at radius 1 is 1.02 bits per heavy atom. The van der Waals surface area contributed by atoms with Crippen molar-refractivity contribution in [1.29, 1.82) is 0 Å². The topological polar surface area (TPSA) is 138 Å². The third-order valence-electron chi connectivity index (χ3n) is 6.83. The molecule has 0 unspecified atom stereocenters. The van der Waals surface area contributed by atoms with E-state index in [1.807, 2.05) is 37.3 Å². The highest BCUT2D eigenvalue weighted by Crippen LogP contribution is 2.35. The average molecular weight is 650 g/mol. The summed E-state index contributed by atoms with van der Waals surface area (Å²) >= 11 is 13.1. The number of halogens is 2. The fourth-order valence-electron chi connectivity index (χ4n) is 4.19. The first-order valence-corrected chi connectivity index (χ1v) is 14.5. The maximum absolute atomic E-state index is 12.9. The highest BCUT2D eigenvalue weighted by atomic mass is 35.5. The number of aromatic nitrogens is 1. The molecule has 0 aliphatic heterocycles. The minimum atomic E-state index is -1.14. The van der Waals surface area contributed by atoms with Crippen LogP contribution in [0.4, 0.5) is 5.69 Å². The molecular weight excluding hydrogens is 619 g/mol. The molecule has 232 valence electrons. The van der Waals surface area contributed by atoms with E-state index in [-0.39, 0.29) is 23.7 Å². The monoisotopic (exact) mass is 648 g/mol. The van der Waals surface area contributed by atoms with Crippen LogP contribution in [0.1, 0.15) is 34.1 Å². The van der Waals surface area contributed by atoms with E-state index < -0.39 is 29.7 Å². The number of anilines is 1. The molecule has 1 aromatic heterocycles. The summed E-state index contributed by atoms with van der Waals surface area (Å²) in [6, 6.07) is 17.9. The van der Waals surface area contributed by atoms with E-state index in [1.54, 1.807) is 24.3 Å². The number of hydrogen-bond acceptors (Lipinski definition) is 6. The molecule has 0 aliphatic rings. The minimum absolute atomic E-state index is 0.0386. The van der Waals surface area contributed by atoms with Crippen LogP contribution >= 0.6 is 23.2 Å². The maximum atomic E-state index is 12.9. The number of fused-ring (bicyclic) bond motifs is 1. The van der Waals surface area contributed by atoms with Gasteiger partial charge in [0.15, 0.2) is 0 Å². The number of ether oxygens (including phenoxy) is 1. The number of nitrogens with one attached hydrogen (secondary N) is 2. The summed E-state index contributed by atoms with van der Waals surface area (Å²) in [5.41, 5.74) is 3.34. The summed E-state index contributed by atoms with van der Waals surface area (Å²) in [5, 5.41) is 15.4. The molecule has 0 fully saturated rings. The second-order valence-corrected chi connectivity index (χ2v) is 10.9. The Morgan fingerprint density at radius 3 is 2.47 bits per heavy atom. The summed E-state index contributed by atoms with van der Waals surface area (Å²) in [4.78, 5) is 54.3. The normalized spacial score (nSPS) is 11.7. The zero-order valence-corrected chi connectivity index (χ0v) is 26.1. The number of carboxylic acids is 1. The van der Waals surface area contributed by atoms with Crippen molar-refractivity contribution >= 4 is 69.6 Å². The fourth-order valence-corrected chi connectivity index (χ4v) is 4.80. The Morgan fingerprint density at radius 2 is 1.76 bits per heavy atom. The summed E-state index contributed by atoms with van der Waals surface area (Å²) < 4.78 is 6.06. The lowest BCUT2D eigenvalue weighted by Crippen LogP contribution is -2.38. The van der Waals surface area contributed by atoms with Gasteiger partial charge in [-0.15, -0.1) is 0 Å². The number of nitrogens with zero attached hydrogens (tertiary/aromatic N) is 2. The molecule has 3 N–H and O–H groups in total. The number of hydrogen-bond donors (Lipinski definition) is 3. The van der Waals surface area contributed by atoms with E-state index in [4.69, 9.17) is 33.0 Å². The van der Waals surface area contributed by atoms with Gasteiger partial charge in [0.2, 0.25) is 11.8 Å². The molecule has 3 amide bonds. The van der Waals surface area contributed by atoms with Gasteiger partial charge in [-0.3, -0.25) is 19.2 Å². The summed E-state index contributed by atoms with van der Waals surface area (Å²) in [6.07, 6.45) is 2.77. The summed E-state index contributed by atoms with van der Waals surface area (Å²) in [5.74, 6) is -2.04. The predicted molar refractivity (Wildman–Crippen MR) is 174 cm³/mol. The number of rotatable bonds is 11. The van der Waals surface area contributed by atoms with Crippen LogP contribution in [-0.4, -0.2) is 53.4 Å². The smallest absolute Gasteiger partial charge is 0.325 e. The van der Waals surface area contributed by atoms with Crippen molar-refractivity contribution < 1.29 is 29.0 Å². The van der Waals surface area contributed by atoms with Crippen molar-refractivity contribution in [3.05, 3.63) is 105 Å². The highest BCUT2D eigenvalue weighted by Gasteiger charge is 2.20. The van der Waals surface area contributed by atoms with Gasteiger partial charge in [0.25, 0.3) is 5.91 Å². The second-order valence-electron chi connectivity index (χ2n) is 10.1. The van der Waals surface area contributed by atoms with Crippen molar-refractivity contribution in [1.82, 2.24) is 15.6 Å². The van der Waals surface area contributed by atoms with Crippen LogP contribution in [-0.2, 0) is 21.0 Å². The van der Waals surface area contributed by atoms with Crippen molar-refractivity contribution in [2.24, 2.45) is 0 Å². The Bertz CT molecular complexity index is 1790. The Labute approximate surface area is 269 Å². The number of amides is 3. The molecule has 1 atom stereocenters. The van der Waals surface area contributed by atoms with Crippen molar-refractivity contribution in [3.8, 4) is 5.75 Å². The number of aryl methyl sites for hydroxylation is 1. The van der Waals surface area contributed by atoms with Crippen LogP contribution in [0, 0.1) is 6.92 Å². The molecule has 0 saturated heterocycles. The first kappa shape index (κ1) is 33.0. The SMILES string of the molecule is Cc1ccc2cccc(OCc3c(Cl)ccc(N(C)C(=O)CNC(=O)/C=C/c4ccc(C(=O)N[C@H](C)C(=O)O)cc4)c3Cl)c2n1. The first-order chi connectivity index (χ1) is 21.4. The standard InChI is InChI=1S/C33H30Cl2N4O6/c1-19-7-11-22-5-4-6-27(31(22)37-19)45-18-24-25(34)14-15-26(30(24)35)39(3)29(41)17-36-28(40)16-10-21-8-12-23(13-9-21)32(42)38-20(2)33(43)44/h4-16,20H,17-18H2,1-3H3,(H,36,40)(H,38,42)(H,43,44)/b16-10+/t20-/m1/s1. The van der Waals surface area contributed by atoms with Crippen LogP contribution in [0.25, 0.3) is 17.0 Å². The average Bonchev–Trinajstić information content (AvgIpc) is 3.02. The zero-order valence-electron chi connectivity index (χ0n) is 24.6. The summed E-state index contributed by atoms with van der Waals surface area (Å²) in [6.45, 7) is 3.00. The Hall–Kier alpha value is -4.93. The van der Waals surface area contributed by atoms with E-state index in [0.717, 1.165) is 11.1 Å². The van der Waals surface area contributed by atoms with E-state index in [9.17, 15) is 19.2 Å². The number of para-hydroxylation sites is 1. The maximum Gasteiger partial charge on any atom is 0.325 e. The van der Waals surface area contributed by atoms with Crippen LogP contribution in [0.3, 0.4) is 0 Å². The van der Waals surface area contributed by atoms with Crippen LogP contribution in [0.15, 0.2) is 72.8 Å². The highest BCUT2D eigenvalue weighted by molar-refractivity contribution is 6.38. The van der Waals surface area contributed by atoms with Crippen molar-refractivity contribution in [2.45, 2.75) is 26.5 Å². The lowest BCUT2D eigenvalue weighted by Gasteiger charge is -2.21. The number of carbonyl (C=O) groups is 4. The molecule has 0 bridgehead atoms. The number of pyridine rings is 1. The number of carbonyl (C=O) groups excluding carboxylic acids is 3. The van der Waals surface area contributed by atoms with Gasteiger partial charge in [-0.05, 0) is 61.9 Å². The van der Waals surface area contributed by atoms with Crippen LogP contribution in [0.5, 0.6) is 5.75 Å². The molecule has 4 aromatic rings. The van der Waals surface area contributed by atoms with Crippen LogP contribution < -0.4 is 20.3 Å². The lowest BCUT2D eigenvalue weighted by atomic mass is 10.1. The van der Waals surface area contributed by atoms with Gasteiger partial charge < -0.3 is 25.4 Å². The van der Waals surface area contributed by atoms with Gasteiger partial charge in [0, 0.05) is 40.4 Å². The van der Waals surface area contributed by atoms with Gasteiger partial charge in [0.05, 0.1) is 17.3 Å². The number of carboxylic acid groups (broad SMARTS) is 1. The largest absolute Gasteiger partial charge is 0.487 e. The molecule has 3 aromatic carbocycles. The summed E-state index contributed by atoms with van der Waals surface area (Å²) in [7, 11) is 1.54. The Kier molecular flexibility index (Phi) is 10.8. The number of likely N-dealkylation sites (N-methyl/N-ethyl adjacent to an activating group) is 1. The van der Waals surface area contributed by atoms with Crippen LogP contribution in [0.2, 0.25) is 10.0 Å². The molecule has 10 nitrogen and oxygen atoms in total. The van der Waals surface area contributed by atoms with Gasteiger partial charge >= 0.3 is 5.97 Å². The number of aliphatic carboxylic acids is 1. The third kappa shape index (κ3) is 8.37. The molecule has 0 saturated carbocycles. The fraction of sp³-hybridized carbons (Fsp3) is 0.182. The van der Waals surface area contributed by atoms with E-state index in [0.29, 0.717) is 33.1 Å². The van der Waals surface area contributed by atoms with Gasteiger partial charge in [-0.1, -0.05) is 53.5 Å². The van der Waals surface area contributed by atoms with Gasteiger partial charge in [0.1, 0.15) is 23.9 Å². The van der Waals surface area contributed by atoms with E-state index in [1.165, 1.54) is 43.2 Å². The van der Waals surface area contributed by atoms with Gasteiger partial charge in [-0.25, -0.2) is 4.98 Å². The minimum Gasteiger partial charge on any atom is -0.487 e. The molecule has 0 spiro atoms. The molecule has 0 aliphatic carbocycles. The third-order valence-corrected chi connectivity index (χ3v) is 7.60. The molecule has 45 heavy (non-hydrogen) atoms. The van der Waals surface area contributed by atoms with E-state index in [2.05, 4.69) is 15.6 Å². The molecule has 1 heterocycles.